The first-order valence-electron chi connectivity index (χ1n) is 4.15. The largest absolute Gasteiger partial charge is 0.393 e. The number of aromatic nitrogens is 3. The predicted molar refractivity (Wildman–Crippen MR) is 61.2 cm³/mol. The highest BCUT2D eigenvalue weighted by Crippen LogP contribution is 2.27. The van der Waals surface area contributed by atoms with Crippen LogP contribution in [0.2, 0.25) is 0 Å². The van der Waals surface area contributed by atoms with Gasteiger partial charge in [-0.15, -0.1) is 16.4 Å². The van der Waals surface area contributed by atoms with Crippen LogP contribution in [-0.4, -0.2) is 29.4 Å². The molecule has 0 atom stereocenters. The molecule has 4 N–H and O–H groups in total. The third-order valence-electron chi connectivity index (χ3n) is 1.88. The molecule has 0 bridgehead atoms. The molecule has 0 aliphatic heterocycles. The lowest BCUT2D eigenvalue weighted by Crippen LogP contribution is -2.02. The van der Waals surface area contributed by atoms with E-state index in [9.17, 15) is 8.42 Å². The highest BCUT2D eigenvalue weighted by atomic mass is 32.2. The maximum absolute atomic E-state index is 11.4. The molecule has 0 radical (unpaired) electrons. The topological polar surface area (TPSA) is 117 Å². The first-order chi connectivity index (χ1) is 7.41. The fourth-order valence-electron chi connectivity index (χ4n) is 1.16. The SMILES string of the molecule is CS(=O)(=O)c1nn(-c2nccs2)c(N)c1N. The van der Waals surface area contributed by atoms with Crippen LogP contribution in [0.3, 0.4) is 0 Å². The summed E-state index contributed by atoms with van der Waals surface area (Å²) in [7, 11) is -3.49. The fraction of sp³-hybridized carbons (Fsp3) is 0.143. The second-order valence-electron chi connectivity index (χ2n) is 3.10. The molecule has 0 fully saturated rings. The third-order valence-corrected chi connectivity index (χ3v) is 3.63. The number of hydrogen-bond acceptors (Lipinski definition) is 7. The van der Waals surface area contributed by atoms with Gasteiger partial charge in [-0.3, -0.25) is 0 Å². The van der Waals surface area contributed by atoms with Crippen LogP contribution in [0.25, 0.3) is 5.13 Å². The molecule has 0 aromatic carbocycles. The van der Waals surface area contributed by atoms with Gasteiger partial charge in [0, 0.05) is 17.8 Å². The Labute approximate surface area is 95.6 Å². The van der Waals surface area contributed by atoms with Crippen molar-refractivity contribution in [3.63, 3.8) is 0 Å². The Morgan fingerprint density at radius 2 is 2.12 bits per heavy atom. The molecule has 2 heterocycles. The van der Waals surface area contributed by atoms with Gasteiger partial charge in [0.25, 0.3) is 0 Å². The summed E-state index contributed by atoms with van der Waals surface area (Å²) >= 11 is 1.28. The van der Waals surface area contributed by atoms with Gasteiger partial charge in [-0.1, -0.05) is 0 Å². The van der Waals surface area contributed by atoms with E-state index < -0.39 is 9.84 Å². The molecule has 0 saturated heterocycles. The van der Waals surface area contributed by atoms with Gasteiger partial charge < -0.3 is 11.5 Å². The summed E-state index contributed by atoms with van der Waals surface area (Å²) < 4.78 is 23.9. The van der Waals surface area contributed by atoms with Crippen molar-refractivity contribution in [3.8, 4) is 5.13 Å². The highest BCUT2D eigenvalue weighted by molar-refractivity contribution is 7.90. The zero-order valence-electron chi connectivity index (χ0n) is 8.28. The van der Waals surface area contributed by atoms with Gasteiger partial charge in [0.15, 0.2) is 15.7 Å². The minimum atomic E-state index is -3.49. The number of hydrogen-bond donors (Lipinski definition) is 2. The summed E-state index contributed by atoms with van der Waals surface area (Å²) in [4.78, 5) is 3.97. The Hall–Kier alpha value is -1.61. The molecule has 0 saturated carbocycles. The molecule has 0 aliphatic rings. The molecule has 2 aromatic heterocycles. The van der Waals surface area contributed by atoms with Crippen LogP contribution in [0.15, 0.2) is 16.6 Å². The van der Waals surface area contributed by atoms with E-state index in [0.29, 0.717) is 5.13 Å². The van der Waals surface area contributed by atoms with E-state index in [1.54, 1.807) is 11.6 Å². The second kappa shape index (κ2) is 3.46. The van der Waals surface area contributed by atoms with E-state index in [2.05, 4.69) is 10.1 Å². The molecule has 0 aliphatic carbocycles. The zero-order chi connectivity index (χ0) is 11.9. The second-order valence-corrected chi connectivity index (χ2v) is 5.91. The van der Waals surface area contributed by atoms with Crippen molar-refractivity contribution < 1.29 is 8.42 Å². The standard InChI is InChI=1S/C7H9N5O2S2/c1-16(13,14)6-4(8)5(9)12(11-6)7-10-2-3-15-7/h2-3H,8-9H2,1H3. The van der Waals surface area contributed by atoms with Gasteiger partial charge in [-0.05, 0) is 0 Å². The number of anilines is 2. The number of nitrogens with two attached hydrogens (primary N) is 2. The minimum absolute atomic E-state index is 0.0438. The Morgan fingerprint density at radius 1 is 1.44 bits per heavy atom. The van der Waals surface area contributed by atoms with Crippen molar-refractivity contribution in [2.24, 2.45) is 0 Å². The smallest absolute Gasteiger partial charge is 0.212 e. The summed E-state index contributed by atoms with van der Waals surface area (Å²) in [5, 5.41) is 5.83. The highest BCUT2D eigenvalue weighted by Gasteiger charge is 2.22. The van der Waals surface area contributed by atoms with Gasteiger partial charge in [0.1, 0.15) is 5.69 Å². The summed E-state index contributed by atoms with van der Waals surface area (Å²) in [6, 6.07) is 0. The number of rotatable bonds is 2. The average Bonchev–Trinajstić information content (AvgIpc) is 2.75. The van der Waals surface area contributed by atoms with Crippen molar-refractivity contribution in [1.29, 1.82) is 0 Å². The number of nitrogens with zero attached hydrogens (tertiary/aromatic N) is 3. The molecular weight excluding hydrogens is 250 g/mol. The Bertz CT molecular complexity index is 613. The molecule has 2 aromatic rings. The zero-order valence-corrected chi connectivity index (χ0v) is 9.92. The molecule has 7 nitrogen and oxygen atoms in total. The lowest BCUT2D eigenvalue weighted by molar-refractivity contribution is 0.596. The van der Waals surface area contributed by atoms with Crippen LogP contribution in [0.5, 0.6) is 0 Å². The van der Waals surface area contributed by atoms with Gasteiger partial charge in [0.2, 0.25) is 10.2 Å². The number of sulfone groups is 1. The van der Waals surface area contributed by atoms with Crippen LogP contribution in [0.4, 0.5) is 11.5 Å². The van der Waals surface area contributed by atoms with E-state index in [1.165, 1.54) is 16.0 Å². The van der Waals surface area contributed by atoms with Crippen LogP contribution in [0.1, 0.15) is 0 Å². The summed E-state index contributed by atoms with van der Waals surface area (Å²) in [6.45, 7) is 0. The maximum atomic E-state index is 11.4. The van der Waals surface area contributed by atoms with Crippen LogP contribution in [0, 0.1) is 0 Å². The van der Waals surface area contributed by atoms with Gasteiger partial charge in [-0.2, -0.15) is 4.68 Å². The average molecular weight is 259 g/mol. The number of thiazole rings is 1. The van der Waals surface area contributed by atoms with Crippen molar-refractivity contribution in [2.75, 3.05) is 17.7 Å². The Kier molecular flexibility index (Phi) is 2.35. The van der Waals surface area contributed by atoms with E-state index in [4.69, 9.17) is 11.5 Å². The van der Waals surface area contributed by atoms with Gasteiger partial charge in [-0.25, -0.2) is 13.4 Å². The Balaban J connectivity index is 2.68. The van der Waals surface area contributed by atoms with Crippen molar-refractivity contribution in [1.82, 2.24) is 14.8 Å². The van der Waals surface area contributed by atoms with Crippen molar-refractivity contribution in [3.05, 3.63) is 11.6 Å². The molecule has 0 spiro atoms. The first-order valence-corrected chi connectivity index (χ1v) is 6.92. The third kappa shape index (κ3) is 1.63. The number of nitrogen functional groups attached to an aromatic ring is 2. The van der Waals surface area contributed by atoms with Crippen molar-refractivity contribution >= 4 is 32.7 Å². The first kappa shape index (κ1) is 10.9. The minimum Gasteiger partial charge on any atom is -0.393 e. The monoisotopic (exact) mass is 259 g/mol. The van der Waals surface area contributed by atoms with Crippen LogP contribution < -0.4 is 11.5 Å². The predicted octanol–water partition coefficient (Wildman–Crippen LogP) is -0.103. The summed E-state index contributed by atoms with van der Waals surface area (Å²) in [6.07, 6.45) is 2.59. The molecule has 9 heteroatoms. The maximum Gasteiger partial charge on any atom is 0.212 e. The van der Waals surface area contributed by atoms with E-state index in [0.717, 1.165) is 6.26 Å². The van der Waals surface area contributed by atoms with Crippen molar-refractivity contribution in [2.45, 2.75) is 5.03 Å². The van der Waals surface area contributed by atoms with Crippen LogP contribution in [-0.2, 0) is 9.84 Å². The fourth-order valence-corrected chi connectivity index (χ4v) is 2.50. The summed E-state index contributed by atoms with van der Waals surface area (Å²) in [5.74, 6) is 0.0791. The summed E-state index contributed by atoms with van der Waals surface area (Å²) in [5.41, 5.74) is 11.2. The normalized spacial score (nSPS) is 11.8. The molecular formula is C7H9N5O2S2. The lowest BCUT2D eigenvalue weighted by atomic mass is 10.5. The van der Waals surface area contributed by atoms with E-state index in [-0.39, 0.29) is 16.5 Å². The van der Waals surface area contributed by atoms with E-state index in [1.807, 2.05) is 0 Å². The molecule has 0 unspecified atom stereocenters. The molecule has 86 valence electrons. The van der Waals surface area contributed by atoms with E-state index >= 15 is 0 Å². The van der Waals surface area contributed by atoms with Gasteiger partial charge >= 0.3 is 0 Å². The van der Waals surface area contributed by atoms with Gasteiger partial charge in [0.05, 0.1) is 0 Å². The Morgan fingerprint density at radius 3 is 2.56 bits per heavy atom. The molecule has 16 heavy (non-hydrogen) atoms. The quantitative estimate of drug-likeness (QED) is 0.777. The lowest BCUT2D eigenvalue weighted by Gasteiger charge is -1.96. The van der Waals surface area contributed by atoms with Crippen LogP contribution >= 0.6 is 11.3 Å². The molecule has 0 amide bonds. The molecule has 2 rings (SSSR count).